The second-order valence-electron chi connectivity index (χ2n) is 10.1. The van der Waals surface area contributed by atoms with Crippen LogP contribution in [0, 0.1) is 11.7 Å². The van der Waals surface area contributed by atoms with Gasteiger partial charge in [-0.05, 0) is 61.7 Å². The number of hydrogen-bond acceptors (Lipinski definition) is 5. The van der Waals surface area contributed by atoms with Gasteiger partial charge in [0.2, 0.25) is 5.91 Å². The molecule has 4 rings (SSSR count). The van der Waals surface area contributed by atoms with Crippen molar-refractivity contribution < 1.29 is 36.6 Å². The average Bonchev–Trinajstić information content (AvgIpc) is 2.88. The number of nitrogens with one attached hydrogen (secondary N) is 1. The molecule has 2 aromatic carbocycles. The fraction of sp³-hybridized carbons (Fsp3) is 0.345. The van der Waals surface area contributed by atoms with E-state index in [1.54, 1.807) is 13.8 Å². The minimum Gasteiger partial charge on any atom is -0.491 e. The highest BCUT2D eigenvalue weighted by atomic mass is 35.5. The molecule has 42 heavy (non-hydrogen) atoms. The minimum atomic E-state index is -4.56. The number of halogens is 5. The lowest BCUT2D eigenvalue weighted by Crippen LogP contribution is -2.35. The molecule has 2 atom stereocenters. The summed E-state index contributed by atoms with van der Waals surface area (Å²) in [6.07, 6.45) is -3.95. The number of amides is 2. The maximum absolute atomic E-state index is 14.3. The Kier molecular flexibility index (Phi) is 9.27. The van der Waals surface area contributed by atoms with Gasteiger partial charge < -0.3 is 20.5 Å². The summed E-state index contributed by atoms with van der Waals surface area (Å²) in [6.45, 7) is 2.89. The number of aromatic nitrogens is 1. The molecule has 0 spiro atoms. The Morgan fingerprint density at radius 2 is 1.90 bits per heavy atom. The highest BCUT2D eigenvalue weighted by Gasteiger charge is 2.41. The summed E-state index contributed by atoms with van der Waals surface area (Å²) in [5.74, 6) is -4.56. The molecule has 13 heteroatoms. The third kappa shape index (κ3) is 7.11. The van der Waals surface area contributed by atoms with Gasteiger partial charge in [-0.15, -0.1) is 0 Å². The highest BCUT2D eigenvalue weighted by molar-refractivity contribution is 6.30. The number of rotatable bonds is 8. The van der Waals surface area contributed by atoms with Crippen molar-refractivity contribution in [2.45, 2.75) is 45.0 Å². The topological polar surface area (TPSA) is 113 Å². The van der Waals surface area contributed by atoms with E-state index in [1.807, 2.05) is 0 Å². The molecule has 0 fully saturated rings. The van der Waals surface area contributed by atoms with Crippen molar-refractivity contribution in [1.82, 2.24) is 4.57 Å². The van der Waals surface area contributed by atoms with Gasteiger partial charge in [0.05, 0.1) is 23.8 Å². The normalized spacial score (nSPS) is 15.6. The number of benzene rings is 2. The smallest absolute Gasteiger partial charge is 0.395 e. The molecule has 0 radical (unpaired) electrons. The molecule has 3 aromatic rings. The van der Waals surface area contributed by atoms with Crippen LogP contribution in [-0.2, 0) is 16.0 Å². The van der Waals surface area contributed by atoms with Gasteiger partial charge in [-0.1, -0.05) is 17.7 Å². The van der Waals surface area contributed by atoms with Crippen molar-refractivity contribution in [1.29, 1.82) is 0 Å². The molecule has 1 aliphatic heterocycles. The second kappa shape index (κ2) is 12.5. The number of fused-ring (bicyclic) bond motifs is 3. The first-order valence-electron chi connectivity index (χ1n) is 13.0. The zero-order valence-electron chi connectivity index (χ0n) is 22.6. The zero-order chi connectivity index (χ0) is 30.8. The van der Waals surface area contributed by atoms with E-state index < -0.39 is 47.9 Å². The molecule has 2 amide bonds. The van der Waals surface area contributed by atoms with Crippen LogP contribution in [0.15, 0.2) is 53.5 Å². The lowest BCUT2D eigenvalue weighted by molar-refractivity contribution is -0.181. The molecular weight excluding hydrogens is 582 g/mol. The van der Waals surface area contributed by atoms with Gasteiger partial charge in [0, 0.05) is 35.4 Å². The zero-order valence-corrected chi connectivity index (χ0v) is 23.4. The predicted octanol–water partition coefficient (Wildman–Crippen LogP) is 5.52. The van der Waals surface area contributed by atoms with Gasteiger partial charge in [0.15, 0.2) is 0 Å². The van der Waals surface area contributed by atoms with E-state index in [9.17, 15) is 31.9 Å². The van der Waals surface area contributed by atoms with Gasteiger partial charge in [0.25, 0.3) is 11.5 Å². The average molecular weight is 610 g/mol. The summed E-state index contributed by atoms with van der Waals surface area (Å²) < 4.78 is 68.0. The highest BCUT2D eigenvalue weighted by Crippen LogP contribution is 2.40. The van der Waals surface area contributed by atoms with Gasteiger partial charge in [0.1, 0.15) is 24.2 Å². The number of ether oxygens (including phenoxy) is 2. The van der Waals surface area contributed by atoms with Crippen molar-refractivity contribution in [3.05, 3.63) is 81.0 Å². The summed E-state index contributed by atoms with van der Waals surface area (Å²) in [6, 6.07) is 7.67. The van der Waals surface area contributed by atoms with Crippen LogP contribution in [0.25, 0.3) is 11.1 Å². The number of carbonyl (C=O) groups is 2. The van der Waals surface area contributed by atoms with Gasteiger partial charge >= 0.3 is 6.18 Å². The summed E-state index contributed by atoms with van der Waals surface area (Å²) in [5, 5.41) is 2.77. The number of nitrogens with zero attached hydrogens (tertiary/aromatic N) is 1. The number of carbonyl (C=O) groups excluding carboxylic acids is 2. The van der Waals surface area contributed by atoms with Crippen LogP contribution in [0.2, 0.25) is 5.02 Å². The van der Waals surface area contributed by atoms with Crippen molar-refractivity contribution in [3.8, 4) is 16.9 Å². The molecule has 1 unspecified atom stereocenters. The molecule has 0 saturated carbocycles. The first-order valence-corrected chi connectivity index (χ1v) is 13.4. The first kappa shape index (κ1) is 31.0. The summed E-state index contributed by atoms with van der Waals surface area (Å²) in [5.41, 5.74) is 4.99. The van der Waals surface area contributed by atoms with E-state index in [0.717, 1.165) is 16.7 Å². The summed E-state index contributed by atoms with van der Waals surface area (Å²) in [4.78, 5) is 38.2. The van der Waals surface area contributed by atoms with E-state index in [0.29, 0.717) is 11.1 Å². The Morgan fingerprint density at radius 1 is 1.17 bits per heavy atom. The van der Waals surface area contributed by atoms with Gasteiger partial charge in [-0.25, -0.2) is 4.39 Å². The fourth-order valence-corrected chi connectivity index (χ4v) is 4.80. The molecule has 1 aromatic heterocycles. The predicted molar refractivity (Wildman–Crippen MR) is 148 cm³/mol. The van der Waals surface area contributed by atoms with Crippen LogP contribution < -0.4 is 21.3 Å². The van der Waals surface area contributed by atoms with Crippen LogP contribution in [0.5, 0.6) is 5.75 Å². The first-order chi connectivity index (χ1) is 19.7. The third-order valence-electron chi connectivity index (χ3n) is 6.76. The van der Waals surface area contributed by atoms with Crippen LogP contribution in [-0.4, -0.2) is 41.9 Å². The van der Waals surface area contributed by atoms with E-state index in [4.69, 9.17) is 26.8 Å². The monoisotopic (exact) mass is 609 g/mol. The maximum Gasteiger partial charge on any atom is 0.395 e. The Hall–Kier alpha value is -3.90. The van der Waals surface area contributed by atoms with E-state index in [2.05, 4.69) is 5.32 Å². The third-order valence-corrected chi connectivity index (χ3v) is 6.99. The lowest BCUT2D eigenvalue weighted by Gasteiger charge is -2.27. The molecule has 1 aliphatic rings. The van der Waals surface area contributed by atoms with E-state index in [-0.39, 0.29) is 53.1 Å². The number of pyridine rings is 1. The Bertz CT molecular complexity index is 1560. The quantitative estimate of drug-likeness (QED) is 0.327. The maximum atomic E-state index is 14.3. The molecular formula is C29H28ClF4N3O5. The Labute approximate surface area is 243 Å². The van der Waals surface area contributed by atoms with Crippen LogP contribution in [0.1, 0.15) is 42.2 Å². The largest absolute Gasteiger partial charge is 0.491 e. The molecule has 224 valence electrons. The number of nitrogens with two attached hydrogens (primary N) is 1. The standard InChI is InChI=1S/C29H28ClF4N3O5/c1-15(2)41-8-7-24(28(40)36-19-5-6-20(27(35)39)23(31)11-19)37-13-25-22(12-26(37)38)21-10-18(30)4-3-16(21)9-17(14-42-25)29(32,33)34/h3-6,10-13,15,17,24H,7-9,14H2,1-2H3,(H2,35,39)(H,36,40)/t17-,24?/m1/s1. The van der Waals surface area contributed by atoms with Gasteiger partial charge in [-0.2, -0.15) is 13.2 Å². The SMILES string of the molecule is CC(C)OCCC(C(=O)Nc1ccc(C(N)=O)c(F)c1)n1cc2c(cc1=O)-c1cc(Cl)ccc1C[C@@H](C(F)(F)F)CO2. The molecule has 0 aliphatic carbocycles. The van der Waals surface area contributed by atoms with Crippen molar-refractivity contribution >= 4 is 29.1 Å². The Morgan fingerprint density at radius 3 is 2.55 bits per heavy atom. The molecule has 0 saturated heterocycles. The van der Waals surface area contributed by atoms with Crippen LogP contribution in [0.3, 0.4) is 0 Å². The lowest BCUT2D eigenvalue weighted by atomic mass is 9.91. The van der Waals surface area contributed by atoms with E-state index >= 15 is 0 Å². The number of alkyl halides is 3. The molecule has 8 nitrogen and oxygen atoms in total. The van der Waals surface area contributed by atoms with Crippen LogP contribution in [0.4, 0.5) is 23.2 Å². The number of anilines is 1. The number of primary amides is 1. The van der Waals surface area contributed by atoms with Gasteiger partial charge in [-0.3, -0.25) is 19.0 Å². The van der Waals surface area contributed by atoms with Crippen LogP contribution >= 0.6 is 11.6 Å². The van der Waals surface area contributed by atoms with E-state index in [1.165, 1.54) is 36.5 Å². The van der Waals surface area contributed by atoms with Crippen molar-refractivity contribution in [2.24, 2.45) is 11.7 Å². The number of hydrogen-bond donors (Lipinski definition) is 2. The summed E-state index contributed by atoms with van der Waals surface area (Å²) >= 11 is 6.16. The Balaban J connectivity index is 1.76. The minimum absolute atomic E-state index is 0.00980. The molecule has 2 heterocycles. The second-order valence-corrected chi connectivity index (χ2v) is 10.6. The fourth-order valence-electron chi connectivity index (χ4n) is 4.63. The van der Waals surface area contributed by atoms with Crippen molar-refractivity contribution in [3.63, 3.8) is 0 Å². The molecule has 0 bridgehead atoms. The summed E-state index contributed by atoms with van der Waals surface area (Å²) in [7, 11) is 0. The van der Waals surface area contributed by atoms with Crippen molar-refractivity contribution in [2.75, 3.05) is 18.5 Å². The molecule has 3 N–H and O–H groups in total.